The zero-order valence-electron chi connectivity index (χ0n) is 36.0. The Hall–Kier alpha value is -5.02. The molecule has 3 fully saturated rings. The van der Waals surface area contributed by atoms with E-state index in [4.69, 9.17) is 9.72 Å². The molecule has 3 aliphatic rings. The summed E-state index contributed by atoms with van der Waals surface area (Å²) >= 11 is 3.59. The molecule has 0 saturated carbocycles. The Morgan fingerprint density at radius 1 is 0.921 bits per heavy atom. The number of benzene rings is 3. The highest BCUT2D eigenvalue weighted by Crippen LogP contribution is 2.42. The molecule has 1 unspecified atom stereocenters. The first-order chi connectivity index (χ1) is 30.3. The molecule has 2 amide bonds. The van der Waals surface area contributed by atoms with Gasteiger partial charge in [0.2, 0.25) is 17.8 Å². The van der Waals surface area contributed by atoms with Gasteiger partial charge in [0.05, 0.1) is 40.6 Å². The molecule has 1 atom stereocenters. The highest BCUT2D eigenvalue weighted by molar-refractivity contribution is 9.10. The maximum atomic E-state index is 15.1. The van der Waals surface area contributed by atoms with Gasteiger partial charge in [0.1, 0.15) is 30.3 Å². The molecule has 5 heterocycles. The van der Waals surface area contributed by atoms with E-state index in [-0.39, 0.29) is 18.4 Å². The number of carbonyl (C=O) groups is 2. The maximum Gasteiger partial charge on any atom is 0.234 e. The van der Waals surface area contributed by atoms with Crippen LogP contribution in [0.15, 0.2) is 65.4 Å². The van der Waals surface area contributed by atoms with Crippen LogP contribution in [0.3, 0.4) is 0 Å². The lowest BCUT2D eigenvalue weighted by molar-refractivity contribution is -0.134. The Morgan fingerprint density at radius 2 is 1.65 bits per heavy atom. The van der Waals surface area contributed by atoms with Crippen molar-refractivity contribution < 1.29 is 27.7 Å². The first-order valence-electron chi connectivity index (χ1n) is 21.5. The van der Waals surface area contributed by atoms with Crippen LogP contribution in [0, 0.1) is 11.6 Å². The lowest BCUT2D eigenvalue weighted by atomic mass is 9.89. The van der Waals surface area contributed by atoms with E-state index in [1.165, 1.54) is 17.7 Å². The molecule has 17 heteroatoms. The molecule has 3 N–H and O–H groups in total. The molecule has 3 aromatic carbocycles. The second kappa shape index (κ2) is 19.0. The van der Waals surface area contributed by atoms with E-state index in [1.807, 2.05) is 24.3 Å². The Balaban J connectivity index is 0.868. The number of piperidine rings is 2. The molecule has 8 rings (SSSR count). The van der Waals surface area contributed by atoms with Gasteiger partial charge in [0.25, 0.3) is 0 Å². The number of imide groups is 1. The van der Waals surface area contributed by atoms with Crippen LogP contribution in [0.1, 0.15) is 55.2 Å². The third-order valence-electron chi connectivity index (χ3n) is 12.5. The number of hydrogen-bond acceptors (Lipinski definition) is 12. The largest absolute Gasteiger partial charge is 0.494 e. The third kappa shape index (κ3) is 9.89. The Labute approximate surface area is 374 Å². The van der Waals surface area contributed by atoms with Gasteiger partial charge >= 0.3 is 0 Å². The standard InChI is InChI=1S/C46H53BrF2N9O4P/c1-5-29-24-37(53-46-51-26-33(47)44(55-46)52-38-27-50-36-9-7-6-8-31(36)43(38)63(3,4)61)40(62-2)25-39(29)58-16-13-30(14-17-58)57-20-18-56(19-21-57)15-12-28-22-34(48)42(35(49)23-28)32-10-11-41(59)54-45(32)60/h6-9,22-27,30,32H,5,10-21H2,1-4H3,(H,54,59,60)(H2,51,52,53,55). The summed E-state index contributed by atoms with van der Waals surface area (Å²) < 4.78 is 50.3. The van der Waals surface area contributed by atoms with Crippen molar-refractivity contribution in [1.82, 2.24) is 30.1 Å². The number of hydrogen-bond donors (Lipinski definition) is 3. The fourth-order valence-electron chi connectivity index (χ4n) is 9.21. The van der Waals surface area contributed by atoms with E-state index < -0.39 is 36.5 Å². The molecule has 0 aliphatic carbocycles. The molecule has 5 aromatic rings. The van der Waals surface area contributed by atoms with Crippen molar-refractivity contribution in [2.75, 3.05) is 81.8 Å². The van der Waals surface area contributed by atoms with E-state index in [0.29, 0.717) is 57.6 Å². The minimum Gasteiger partial charge on any atom is -0.494 e. The predicted molar refractivity (Wildman–Crippen MR) is 248 cm³/mol. The minimum atomic E-state index is -2.72. The third-order valence-corrected chi connectivity index (χ3v) is 14.6. The second-order valence-electron chi connectivity index (χ2n) is 16.9. The Morgan fingerprint density at radius 3 is 2.33 bits per heavy atom. The first kappa shape index (κ1) is 44.6. The Kier molecular flexibility index (Phi) is 13.4. The summed E-state index contributed by atoms with van der Waals surface area (Å²) in [5.41, 5.74) is 4.78. The number of nitrogens with one attached hydrogen (secondary N) is 3. The number of aryl methyl sites for hydroxylation is 1. The second-order valence-corrected chi connectivity index (χ2v) is 20.9. The summed E-state index contributed by atoms with van der Waals surface area (Å²) in [5, 5.41) is 10.5. The lowest BCUT2D eigenvalue weighted by Gasteiger charge is -2.43. The smallest absolute Gasteiger partial charge is 0.234 e. The van der Waals surface area contributed by atoms with Crippen LogP contribution in [0.25, 0.3) is 10.9 Å². The van der Waals surface area contributed by atoms with Gasteiger partial charge in [0.15, 0.2) is 0 Å². The van der Waals surface area contributed by atoms with Crippen LogP contribution in [0.4, 0.5) is 37.6 Å². The highest BCUT2D eigenvalue weighted by Gasteiger charge is 2.33. The van der Waals surface area contributed by atoms with E-state index in [9.17, 15) is 14.2 Å². The average Bonchev–Trinajstić information content (AvgIpc) is 3.27. The summed E-state index contributed by atoms with van der Waals surface area (Å²) in [7, 11) is -1.06. The number of anilines is 5. The van der Waals surface area contributed by atoms with Crippen molar-refractivity contribution in [2.24, 2.45) is 0 Å². The van der Waals surface area contributed by atoms with E-state index in [1.54, 1.807) is 32.8 Å². The summed E-state index contributed by atoms with van der Waals surface area (Å²) in [6, 6.07) is 15.0. The average molecular weight is 945 g/mol. The normalized spacial score (nSPS) is 18.1. The topological polar surface area (TPSA) is 145 Å². The fraction of sp³-hybridized carbons (Fsp3) is 0.413. The van der Waals surface area contributed by atoms with Gasteiger partial charge in [-0.25, -0.2) is 13.8 Å². The van der Waals surface area contributed by atoms with Gasteiger partial charge in [-0.15, -0.1) is 0 Å². The number of piperazine rings is 1. The maximum absolute atomic E-state index is 15.1. The molecule has 2 aromatic heterocycles. The summed E-state index contributed by atoms with van der Waals surface area (Å²) in [6.07, 6.45) is 6.93. The number of fused-ring (bicyclic) bond motifs is 1. The van der Waals surface area contributed by atoms with E-state index in [2.05, 4.69) is 75.6 Å². The zero-order valence-corrected chi connectivity index (χ0v) is 38.5. The van der Waals surface area contributed by atoms with Crippen LogP contribution in [0.2, 0.25) is 0 Å². The van der Waals surface area contributed by atoms with Gasteiger partial charge in [0, 0.05) is 92.5 Å². The monoisotopic (exact) mass is 943 g/mol. The molecule has 0 bridgehead atoms. The van der Waals surface area contributed by atoms with Crippen molar-refractivity contribution in [1.29, 1.82) is 0 Å². The van der Waals surface area contributed by atoms with Crippen molar-refractivity contribution >= 4 is 79.9 Å². The van der Waals surface area contributed by atoms with Gasteiger partial charge in [-0.3, -0.25) is 24.8 Å². The molecule has 0 spiro atoms. The van der Waals surface area contributed by atoms with Crippen LogP contribution in [-0.4, -0.2) is 109 Å². The quantitative estimate of drug-likeness (QED) is 0.0786. The van der Waals surface area contributed by atoms with E-state index in [0.717, 1.165) is 80.8 Å². The number of para-hydroxylation sites is 1. The number of carbonyl (C=O) groups excluding carboxylic acids is 2. The minimum absolute atomic E-state index is 0.0644. The lowest BCUT2D eigenvalue weighted by Crippen LogP contribution is -2.53. The van der Waals surface area contributed by atoms with Crippen molar-refractivity contribution in [3.05, 3.63) is 93.7 Å². The van der Waals surface area contributed by atoms with Gasteiger partial charge in [-0.2, -0.15) is 4.98 Å². The molecule has 13 nitrogen and oxygen atoms in total. The first-order valence-corrected chi connectivity index (χ1v) is 24.9. The fourth-order valence-corrected chi connectivity index (χ4v) is 11.0. The predicted octanol–water partition coefficient (Wildman–Crippen LogP) is 7.72. The van der Waals surface area contributed by atoms with Crippen molar-refractivity contribution in [3.8, 4) is 5.75 Å². The SMILES string of the molecule is CCc1cc(Nc2ncc(Br)c(Nc3cnc4ccccc4c3P(C)(C)=O)n2)c(OC)cc1N1CCC(N2CCN(CCc3cc(F)c(C4CCC(=O)NC4=O)c(F)c3)CC2)CC1. The van der Waals surface area contributed by atoms with Crippen molar-refractivity contribution in [3.63, 3.8) is 0 Å². The van der Waals surface area contributed by atoms with E-state index >= 15 is 8.78 Å². The van der Waals surface area contributed by atoms with Crippen LogP contribution in [-0.2, 0) is 27.0 Å². The van der Waals surface area contributed by atoms with Crippen LogP contribution >= 0.6 is 23.1 Å². The number of aromatic nitrogens is 3. The van der Waals surface area contributed by atoms with Crippen LogP contribution in [0.5, 0.6) is 5.75 Å². The van der Waals surface area contributed by atoms with Crippen LogP contribution < -0.4 is 30.9 Å². The van der Waals surface area contributed by atoms with Gasteiger partial charge in [-0.05, 0) is 96.8 Å². The molecule has 0 radical (unpaired) electrons. The Bertz CT molecular complexity index is 2560. The molecular formula is C46H53BrF2N9O4P. The van der Waals surface area contributed by atoms with Gasteiger partial charge < -0.3 is 29.7 Å². The number of methoxy groups -OCH3 is 1. The number of nitrogens with zero attached hydrogens (tertiary/aromatic N) is 6. The summed E-state index contributed by atoms with van der Waals surface area (Å²) in [4.78, 5) is 45.1. The van der Waals surface area contributed by atoms with Crippen molar-refractivity contribution in [2.45, 2.75) is 57.4 Å². The molecular weight excluding hydrogens is 891 g/mol. The molecule has 63 heavy (non-hydrogen) atoms. The summed E-state index contributed by atoms with van der Waals surface area (Å²) in [6.45, 7) is 11.8. The summed E-state index contributed by atoms with van der Waals surface area (Å²) in [5.74, 6) is -1.98. The molecule has 3 aliphatic heterocycles. The molecule has 332 valence electrons. The number of amides is 2. The number of halogens is 3. The molecule has 3 saturated heterocycles. The highest BCUT2D eigenvalue weighted by atomic mass is 79.9. The number of rotatable bonds is 13. The zero-order chi connectivity index (χ0) is 44.4. The number of pyridine rings is 1. The van der Waals surface area contributed by atoms with Gasteiger partial charge in [-0.1, -0.05) is 25.1 Å². The number of ether oxygens (including phenoxy) is 1.